The SMILES string of the molecule is Cn1cc(C(=O)OCC(=O)Nc2ccc(N3CCOCC3)cc2)c2ccccc21. The van der Waals surface area contributed by atoms with Gasteiger partial charge in [-0.3, -0.25) is 4.79 Å². The van der Waals surface area contributed by atoms with Gasteiger partial charge in [0.15, 0.2) is 6.61 Å². The summed E-state index contributed by atoms with van der Waals surface area (Å²) >= 11 is 0. The number of hydrogen-bond acceptors (Lipinski definition) is 5. The number of para-hydroxylation sites is 1. The van der Waals surface area contributed by atoms with Crippen LogP contribution in [0.3, 0.4) is 0 Å². The van der Waals surface area contributed by atoms with Gasteiger partial charge in [0.25, 0.3) is 5.91 Å². The number of anilines is 2. The van der Waals surface area contributed by atoms with Gasteiger partial charge in [0.05, 0.1) is 18.8 Å². The quantitative estimate of drug-likeness (QED) is 0.675. The molecule has 1 N–H and O–H groups in total. The molecule has 2 aromatic carbocycles. The number of benzene rings is 2. The molecule has 1 aliphatic rings. The van der Waals surface area contributed by atoms with Crippen molar-refractivity contribution in [3.63, 3.8) is 0 Å². The van der Waals surface area contributed by atoms with E-state index in [1.165, 1.54) is 0 Å². The fourth-order valence-electron chi connectivity index (χ4n) is 3.49. The summed E-state index contributed by atoms with van der Waals surface area (Å²) in [7, 11) is 1.87. The Morgan fingerprint density at radius 2 is 1.79 bits per heavy atom. The van der Waals surface area contributed by atoms with Crippen molar-refractivity contribution >= 4 is 34.2 Å². The monoisotopic (exact) mass is 393 g/mol. The number of rotatable bonds is 5. The zero-order chi connectivity index (χ0) is 20.2. The van der Waals surface area contributed by atoms with E-state index in [9.17, 15) is 9.59 Å². The lowest BCUT2D eigenvalue weighted by atomic mass is 10.2. The molecule has 0 atom stereocenters. The van der Waals surface area contributed by atoms with Crippen LogP contribution in [-0.2, 0) is 21.3 Å². The Morgan fingerprint density at radius 3 is 2.55 bits per heavy atom. The number of hydrogen-bond donors (Lipinski definition) is 1. The first-order chi connectivity index (χ1) is 14.1. The van der Waals surface area contributed by atoms with Crippen molar-refractivity contribution in [2.75, 3.05) is 43.1 Å². The van der Waals surface area contributed by atoms with Gasteiger partial charge < -0.3 is 24.3 Å². The predicted molar refractivity (Wildman–Crippen MR) is 111 cm³/mol. The maximum absolute atomic E-state index is 12.4. The second-order valence-corrected chi connectivity index (χ2v) is 6.94. The van der Waals surface area contributed by atoms with Crippen molar-refractivity contribution in [1.29, 1.82) is 0 Å². The molecule has 29 heavy (non-hydrogen) atoms. The highest BCUT2D eigenvalue weighted by atomic mass is 16.5. The maximum Gasteiger partial charge on any atom is 0.340 e. The normalized spacial score (nSPS) is 14.0. The van der Waals surface area contributed by atoms with Crippen LogP contribution in [-0.4, -0.2) is 49.4 Å². The predicted octanol–water partition coefficient (Wildman–Crippen LogP) is 2.81. The molecule has 3 aromatic rings. The molecule has 2 heterocycles. The number of carbonyl (C=O) groups excluding carboxylic acids is 2. The van der Waals surface area contributed by atoms with E-state index in [2.05, 4.69) is 10.2 Å². The Balaban J connectivity index is 1.33. The highest BCUT2D eigenvalue weighted by molar-refractivity contribution is 6.05. The fraction of sp³-hybridized carbons (Fsp3) is 0.273. The third-order valence-electron chi connectivity index (χ3n) is 4.98. The van der Waals surface area contributed by atoms with Gasteiger partial charge in [-0.05, 0) is 30.3 Å². The summed E-state index contributed by atoms with van der Waals surface area (Å²) in [5.41, 5.74) is 3.14. The van der Waals surface area contributed by atoms with Gasteiger partial charge in [-0.2, -0.15) is 0 Å². The first-order valence-corrected chi connectivity index (χ1v) is 9.55. The lowest BCUT2D eigenvalue weighted by Crippen LogP contribution is -2.36. The average Bonchev–Trinajstić information content (AvgIpc) is 3.10. The molecular formula is C22H23N3O4. The molecule has 0 bridgehead atoms. The number of ether oxygens (including phenoxy) is 2. The zero-order valence-electron chi connectivity index (χ0n) is 16.3. The molecule has 7 nitrogen and oxygen atoms in total. The molecule has 0 aliphatic carbocycles. The molecule has 0 spiro atoms. The van der Waals surface area contributed by atoms with E-state index in [1.807, 2.05) is 60.1 Å². The molecule has 0 saturated carbocycles. The summed E-state index contributed by atoms with van der Waals surface area (Å²) in [5, 5.41) is 3.56. The van der Waals surface area contributed by atoms with Gasteiger partial charge >= 0.3 is 5.97 Å². The lowest BCUT2D eigenvalue weighted by molar-refractivity contribution is -0.119. The van der Waals surface area contributed by atoms with E-state index in [1.54, 1.807) is 6.20 Å². The topological polar surface area (TPSA) is 72.8 Å². The minimum atomic E-state index is -0.514. The highest BCUT2D eigenvalue weighted by Crippen LogP contribution is 2.21. The summed E-state index contributed by atoms with van der Waals surface area (Å²) < 4.78 is 12.4. The van der Waals surface area contributed by atoms with Crippen molar-refractivity contribution in [3.8, 4) is 0 Å². The second kappa shape index (κ2) is 8.36. The number of esters is 1. The van der Waals surface area contributed by atoms with Gasteiger partial charge in [0.1, 0.15) is 0 Å². The minimum Gasteiger partial charge on any atom is -0.452 e. The van der Waals surface area contributed by atoms with E-state index < -0.39 is 5.97 Å². The van der Waals surface area contributed by atoms with Gasteiger partial charge in [-0.25, -0.2) is 4.79 Å². The Hall–Kier alpha value is -3.32. The van der Waals surface area contributed by atoms with Crippen molar-refractivity contribution in [2.24, 2.45) is 7.05 Å². The number of morpholine rings is 1. The molecule has 0 unspecified atom stereocenters. The molecule has 4 rings (SSSR count). The van der Waals surface area contributed by atoms with Crippen LogP contribution in [0, 0.1) is 0 Å². The van der Waals surface area contributed by atoms with E-state index >= 15 is 0 Å². The average molecular weight is 393 g/mol. The number of aryl methyl sites for hydroxylation is 1. The number of amides is 1. The summed E-state index contributed by atoms with van der Waals surface area (Å²) in [4.78, 5) is 26.8. The molecule has 1 aromatic heterocycles. The Kier molecular flexibility index (Phi) is 5.48. The first-order valence-electron chi connectivity index (χ1n) is 9.55. The van der Waals surface area contributed by atoms with Crippen LogP contribution in [0.25, 0.3) is 10.9 Å². The number of nitrogens with zero attached hydrogens (tertiary/aromatic N) is 2. The first kappa shape index (κ1) is 19.0. The van der Waals surface area contributed by atoms with Gasteiger partial charge in [0, 0.05) is 48.6 Å². The van der Waals surface area contributed by atoms with Crippen LogP contribution in [0.4, 0.5) is 11.4 Å². The molecule has 150 valence electrons. The van der Waals surface area contributed by atoms with Crippen molar-refractivity contribution in [3.05, 3.63) is 60.3 Å². The molecule has 1 aliphatic heterocycles. The minimum absolute atomic E-state index is 0.340. The van der Waals surface area contributed by atoms with Crippen LogP contribution in [0.1, 0.15) is 10.4 Å². The Bertz CT molecular complexity index is 1020. The number of fused-ring (bicyclic) bond motifs is 1. The van der Waals surface area contributed by atoms with Crippen LogP contribution in [0.5, 0.6) is 0 Å². The van der Waals surface area contributed by atoms with Crippen molar-refractivity contribution in [2.45, 2.75) is 0 Å². The molecule has 1 saturated heterocycles. The molecular weight excluding hydrogens is 370 g/mol. The van der Waals surface area contributed by atoms with Gasteiger partial charge in [0.2, 0.25) is 0 Å². The molecule has 1 fully saturated rings. The van der Waals surface area contributed by atoms with E-state index in [0.29, 0.717) is 11.3 Å². The number of aromatic nitrogens is 1. The van der Waals surface area contributed by atoms with Crippen LogP contribution < -0.4 is 10.2 Å². The second-order valence-electron chi connectivity index (χ2n) is 6.94. The third-order valence-corrected chi connectivity index (χ3v) is 4.98. The maximum atomic E-state index is 12.4. The van der Waals surface area contributed by atoms with Gasteiger partial charge in [-0.15, -0.1) is 0 Å². The van der Waals surface area contributed by atoms with E-state index in [0.717, 1.165) is 42.9 Å². The Labute approximate surface area is 168 Å². The summed E-state index contributed by atoms with van der Waals surface area (Å²) in [6, 6.07) is 15.2. The fourth-order valence-corrected chi connectivity index (χ4v) is 3.49. The van der Waals surface area contributed by atoms with Crippen molar-refractivity contribution in [1.82, 2.24) is 4.57 Å². The van der Waals surface area contributed by atoms with Crippen LogP contribution in [0.2, 0.25) is 0 Å². The van der Waals surface area contributed by atoms with Crippen LogP contribution in [0.15, 0.2) is 54.7 Å². The van der Waals surface area contributed by atoms with Crippen LogP contribution >= 0.6 is 0 Å². The molecule has 0 radical (unpaired) electrons. The van der Waals surface area contributed by atoms with Crippen molar-refractivity contribution < 1.29 is 19.1 Å². The summed E-state index contributed by atoms with van der Waals surface area (Å²) in [5.74, 6) is -0.891. The third kappa shape index (κ3) is 4.25. The lowest BCUT2D eigenvalue weighted by Gasteiger charge is -2.28. The van der Waals surface area contributed by atoms with Gasteiger partial charge in [-0.1, -0.05) is 18.2 Å². The Morgan fingerprint density at radius 1 is 1.07 bits per heavy atom. The largest absolute Gasteiger partial charge is 0.452 e. The molecule has 7 heteroatoms. The van der Waals surface area contributed by atoms with E-state index in [4.69, 9.17) is 9.47 Å². The number of nitrogens with one attached hydrogen (secondary N) is 1. The number of carbonyl (C=O) groups is 2. The summed E-state index contributed by atoms with van der Waals surface area (Å²) in [6.45, 7) is 2.82. The smallest absolute Gasteiger partial charge is 0.340 e. The zero-order valence-corrected chi connectivity index (χ0v) is 16.3. The summed E-state index contributed by atoms with van der Waals surface area (Å²) in [6.07, 6.45) is 1.72. The van der Waals surface area contributed by atoms with E-state index in [-0.39, 0.29) is 12.5 Å². The standard InChI is InChI=1S/C22H23N3O4/c1-24-14-19(18-4-2-3-5-20(18)24)22(27)29-15-21(26)23-16-6-8-17(9-7-16)25-10-12-28-13-11-25/h2-9,14H,10-13,15H2,1H3,(H,23,26). The highest BCUT2D eigenvalue weighted by Gasteiger charge is 2.16. The molecule has 1 amide bonds.